The van der Waals surface area contributed by atoms with E-state index in [1.165, 1.54) is 31.3 Å². The van der Waals surface area contributed by atoms with Crippen molar-refractivity contribution in [3.63, 3.8) is 0 Å². The molecule has 9 heteroatoms. The molecule has 46 heavy (non-hydrogen) atoms. The van der Waals surface area contributed by atoms with Gasteiger partial charge in [-0.2, -0.15) is 0 Å². The minimum absolute atomic E-state index is 0.138. The van der Waals surface area contributed by atoms with Gasteiger partial charge in [-0.3, -0.25) is 24.1 Å². The van der Waals surface area contributed by atoms with Gasteiger partial charge in [0.25, 0.3) is 0 Å². The fourth-order valence-corrected chi connectivity index (χ4v) is 7.49. The number of anilines is 3. The Kier molecular flexibility index (Phi) is 7.11. The van der Waals surface area contributed by atoms with E-state index in [-0.39, 0.29) is 53.3 Å². The number of para-hydroxylation sites is 1. The number of methoxy groups -OCH3 is 2. The van der Waals surface area contributed by atoms with Crippen molar-refractivity contribution in [2.45, 2.75) is 25.7 Å². The number of benzene rings is 3. The van der Waals surface area contributed by atoms with Crippen LogP contribution in [0, 0.1) is 17.8 Å². The van der Waals surface area contributed by atoms with Crippen LogP contribution >= 0.6 is 0 Å². The van der Waals surface area contributed by atoms with Crippen LogP contribution in [0.25, 0.3) is 0 Å². The summed E-state index contributed by atoms with van der Waals surface area (Å²) in [6.07, 6.45) is 3.66. The van der Waals surface area contributed by atoms with E-state index in [2.05, 4.69) is 5.32 Å². The average Bonchev–Trinajstić information content (AvgIpc) is 3.32. The second kappa shape index (κ2) is 11.2. The number of carbonyl (C=O) groups is 4. The molecular formula is C37H32N2O7. The lowest BCUT2D eigenvalue weighted by molar-refractivity contribution is -0.123. The quantitative estimate of drug-likeness (QED) is 0.203. The van der Waals surface area contributed by atoms with E-state index in [1.807, 2.05) is 48.5 Å². The maximum absolute atomic E-state index is 14.2. The predicted octanol–water partition coefficient (Wildman–Crippen LogP) is 5.79. The van der Waals surface area contributed by atoms with Gasteiger partial charge in [0.05, 0.1) is 31.7 Å². The standard InChI is InChI=1S/C37H32N2O7/c1-19-15-28(40)27-18-26-24(32(33(27)35(19)42)34-29(41)16-23(45-2)17-30(34)46-3)13-14-25-31(26)37(44)39(36(25)43)22-11-9-21(10-12-22)38-20-7-5-4-6-8-20/h4-13,15-17,25-26,31-32,38,41H,14,18H2,1-3H3/t25-,26+,31-,32-/m0/s1. The number of rotatable bonds is 6. The van der Waals surface area contributed by atoms with Crippen LogP contribution in [0.5, 0.6) is 17.2 Å². The number of ether oxygens (including phenoxy) is 2. The molecule has 0 aromatic heterocycles. The first-order valence-corrected chi connectivity index (χ1v) is 15.2. The first-order chi connectivity index (χ1) is 22.2. The molecule has 3 aromatic carbocycles. The molecule has 0 radical (unpaired) electrons. The van der Waals surface area contributed by atoms with Crippen molar-refractivity contribution in [3.8, 4) is 17.2 Å². The van der Waals surface area contributed by atoms with Gasteiger partial charge in [-0.1, -0.05) is 29.8 Å². The highest BCUT2D eigenvalue weighted by atomic mass is 16.5. The van der Waals surface area contributed by atoms with Gasteiger partial charge in [0.2, 0.25) is 11.8 Å². The number of amides is 2. The van der Waals surface area contributed by atoms with Crippen molar-refractivity contribution in [2.75, 3.05) is 24.4 Å². The number of Topliss-reactive ketones (excluding diaryl/α,β-unsaturated/α-hetero) is 1. The van der Waals surface area contributed by atoms with Gasteiger partial charge in [-0.15, -0.1) is 0 Å². The molecule has 1 aliphatic heterocycles. The van der Waals surface area contributed by atoms with E-state index in [1.54, 1.807) is 25.1 Å². The second-order valence-corrected chi connectivity index (χ2v) is 12.0. The number of nitrogens with one attached hydrogen (secondary N) is 1. The first kappa shape index (κ1) is 29.3. The molecule has 0 spiro atoms. The molecule has 9 nitrogen and oxygen atoms in total. The van der Waals surface area contributed by atoms with Crippen LogP contribution in [0.1, 0.15) is 31.2 Å². The Balaban J connectivity index is 1.29. The number of carbonyl (C=O) groups excluding carboxylic acids is 4. The van der Waals surface area contributed by atoms with Crippen LogP contribution in [-0.4, -0.2) is 42.7 Å². The molecule has 0 bridgehead atoms. The predicted molar refractivity (Wildman–Crippen MR) is 171 cm³/mol. The average molecular weight is 617 g/mol. The van der Waals surface area contributed by atoms with E-state index in [0.29, 0.717) is 28.1 Å². The molecule has 3 aliphatic carbocycles. The smallest absolute Gasteiger partial charge is 0.238 e. The molecule has 7 rings (SSSR count). The zero-order chi connectivity index (χ0) is 32.3. The monoisotopic (exact) mass is 616 g/mol. The van der Waals surface area contributed by atoms with Crippen molar-refractivity contribution in [2.24, 2.45) is 17.8 Å². The number of fused-ring (bicyclic) bond motifs is 3. The number of hydrogen-bond donors (Lipinski definition) is 2. The molecule has 1 fully saturated rings. The highest BCUT2D eigenvalue weighted by Crippen LogP contribution is 2.58. The number of phenols is 1. The van der Waals surface area contributed by atoms with Crippen molar-refractivity contribution >= 4 is 40.4 Å². The minimum atomic E-state index is -0.851. The van der Waals surface area contributed by atoms with Crippen LogP contribution in [0.3, 0.4) is 0 Å². The summed E-state index contributed by atoms with van der Waals surface area (Å²) in [4.78, 5) is 56.6. The van der Waals surface area contributed by atoms with Crippen molar-refractivity contribution in [1.29, 1.82) is 0 Å². The summed E-state index contributed by atoms with van der Waals surface area (Å²) in [5.74, 6) is -3.52. The topological polar surface area (TPSA) is 122 Å². The van der Waals surface area contributed by atoms with E-state index < -0.39 is 23.7 Å². The summed E-state index contributed by atoms with van der Waals surface area (Å²) in [6.45, 7) is 1.60. The number of nitrogens with zero attached hydrogens (tertiary/aromatic N) is 1. The minimum Gasteiger partial charge on any atom is -0.507 e. The molecule has 0 saturated carbocycles. The number of imide groups is 1. The summed E-state index contributed by atoms with van der Waals surface area (Å²) in [5, 5.41) is 14.6. The van der Waals surface area contributed by atoms with Crippen molar-refractivity contribution in [3.05, 3.63) is 107 Å². The van der Waals surface area contributed by atoms with Gasteiger partial charge in [-0.05, 0) is 68.2 Å². The molecule has 2 amide bonds. The molecule has 4 aliphatic rings. The Morgan fingerprint density at radius 3 is 2.28 bits per heavy atom. The Hall–Kier alpha value is -5.44. The normalized spacial score (nSPS) is 23.8. The lowest BCUT2D eigenvalue weighted by Gasteiger charge is -2.42. The van der Waals surface area contributed by atoms with Crippen LogP contribution in [-0.2, 0) is 19.2 Å². The molecule has 0 unspecified atom stereocenters. The van der Waals surface area contributed by atoms with Crippen LogP contribution < -0.4 is 19.7 Å². The zero-order valence-electron chi connectivity index (χ0n) is 25.6. The summed E-state index contributed by atoms with van der Waals surface area (Å²) < 4.78 is 11.0. The van der Waals surface area contributed by atoms with Crippen molar-refractivity contribution in [1.82, 2.24) is 0 Å². The Morgan fingerprint density at radius 2 is 1.59 bits per heavy atom. The highest BCUT2D eigenvalue weighted by molar-refractivity contribution is 6.25. The Bertz CT molecular complexity index is 1910. The number of ketones is 2. The van der Waals surface area contributed by atoms with Crippen LogP contribution in [0.15, 0.2) is 101 Å². The number of hydrogen-bond acceptors (Lipinski definition) is 8. The van der Waals surface area contributed by atoms with Crippen LogP contribution in [0.4, 0.5) is 17.1 Å². The SMILES string of the molecule is COc1cc(O)c([C@H]2C3=CC[C@@H]4C(=O)N(c5ccc(Nc6ccccc6)cc5)C(=O)[C@@H]4[C@@H]3CC3=C2C(=O)C(C)=CC3=O)c(OC)c1. The number of allylic oxidation sites excluding steroid dienone is 6. The molecule has 2 N–H and O–H groups in total. The molecule has 3 aromatic rings. The highest BCUT2D eigenvalue weighted by Gasteiger charge is 2.57. The summed E-state index contributed by atoms with van der Waals surface area (Å²) in [6, 6.07) is 19.9. The van der Waals surface area contributed by atoms with E-state index in [4.69, 9.17) is 9.47 Å². The fourth-order valence-electron chi connectivity index (χ4n) is 7.49. The molecular weight excluding hydrogens is 584 g/mol. The van der Waals surface area contributed by atoms with Gasteiger partial charge >= 0.3 is 0 Å². The number of aromatic hydroxyl groups is 1. The third kappa shape index (κ3) is 4.53. The van der Waals surface area contributed by atoms with Gasteiger partial charge < -0.3 is 19.9 Å². The maximum Gasteiger partial charge on any atom is 0.238 e. The molecule has 1 heterocycles. The molecule has 4 atom stereocenters. The Morgan fingerprint density at radius 1 is 0.870 bits per heavy atom. The third-order valence-corrected chi connectivity index (χ3v) is 9.59. The summed E-state index contributed by atoms with van der Waals surface area (Å²) >= 11 is 0. The third-order valence-electron chi connectivity index (χ3n) is 9.59. The molecule has 1 saturated heterocycles. The summed E-state index contributed by atoms with van der Waals surface area (Å²) in [5.41, 5.74) is 4.11. The Labute approximate surface area is 265 Å². The first-order valence-electron chi connectivity index (χ1n) is 15.2. The van der Waals surface area contributed by atoms with Gasteiger partial charge in [0.1, 0.15) is 17.2 Å². The largest absolute Gasteiger partial charge is 0.507 e. The van der Waals surface area contributed by atoms with Gasteiger partial charge in [0, 0.05) is 51.7 Å². The van der Waals surface area contributed by atoms with E-state index in [9.17, 15) is 24.3 Å². The zero-order valence-corrected chi connectivity index (χ0v) is 25.6. The van der Waals surface area contributed by atoms with E-state index in [0.717, 1.165) is 16.9 Å². The summed E-state index contributed by atoms with van der Waals surface area (Å²) in [7, 11) is 2.92. The lowest BCUT2D eigenvalue weighted by atomic mass is 9.59. The maximum atomic E-state index is 14.2. The second-order valence-electron chi connectivity index (χ2n) is 12.0. The van der Waals surface area contributed by atoms with E-state index >= 15 is 0 Å². The molecule has 232 valence electrons. The van der Waals surface area contributed by atoms with Crippen LogP contribution in [0.2, 0.25) is 0 Å². The number of phenolic OH excluding ortho intramolecular Hbond substituents is 1. The lowest BCUT2D eigenvalue weighted by Crippen LogP contribution is -2.40. The van der Waals surface area contributed by atoms with Gasteiger partial charge in [0.15, 0.2) is 11.6 Å². The van der Waals surface area contributed by atoms with Crippen molar-refractivity contribution < 1.29 is 33.8 Å². The van der Waals surface area contributed by atoms with Gasteiger partial charge in [-0.25, -0.2) is 0 Å². The fraction of sp³-hybridized carbons (Fsp3) is 0.243.